The molecule has 0 aliphatic rings. The number of nitrogens with one attached hydrogen (secondary N) is 1. The van der Waals surface area contributed by atoms with Gasteiger partial charge in [0.05, 0.1) is 6.54 Å². The van der Waals surface area contributed by atoms with Gasteiger partial charge in [-0.3, -0.25) is 4.79 Å². The Morgan fingerprint density at radius 2 is 2.18 bits per heavy atom. The highest BCUT2D eigenvalue weighted by Gasteiger charge is 2.08. The fraction of sp³-hybridized carbons (Fsp3) is 0.0909. The van der Waals surface area contributed by atoms with Gasteiger partial charge in [-0.15, -0.1) is 11.3 Å². The van der Waals surface area contributed by atoms with Gasteiger partial charge in [0.15, 0.2) is 11.5 Å². The first-order valence-corrected chi connectivity index (χ1v) is 5.73. The van der Waals surface area contributed by atoms with Crippen molar-refractivity contribution in [3.8, 4) is 11.5 Å². The molecule has 1 heterocycles. The Hall–Kier alpha value is -2.08. The summed E-state index contributed by atoms with van der Waals surface area (Å²) in [4.78, 5) is 15.7. The van der Waals surface area contributed by atoms with Crippen LogP contribution in [0.4, 0.5) is 0 Å². The second-order valence-corrected chi connectivity index (χ2v) is 4.29. The third-order valence-corrected chi connectivity index (χ3v) is 2.90. The summed E-state index contributed by atoms with van der Waals surface area (Å²) in [7, 11) is 0. The van der Waals surface area contributed by atoms with Crippen LogP contribution in [0.15, 0.2) is 29.8 Å². The molecule has 0 aliphatic heterocycles. The number of amides is 1. The Labute approximate surface area is 101 Å². The van der Waals surface area contributed by atoms with Crippen molar-refractivity contribution < 1.29 is 15.0 Å². The summed E-state index contributed by atoms with van der Waals surface area (Å²) in [6.45, 7) is 0.345. The van der Waals surface area contributed by atoms with Gasteiger partial charge in [0.1, 0.15) is 5.01 Å². The van der Waals surface area contributed by atoms with Gasteiger partial charge >= 0.3 is 0 Å². The van der Waals surface area contributed by atoms with Crippen molar-refractivity contribution in [3.05, 3.63) is 40.3 Å². The van der Waals surface area contributed by atoms with Crippen LogP contribution in [0, 0.1) is 0 Å². The molecule has 0 bridgehead atoms. The summed E-state index contributed by atoms with van der Waals surface area (Å²) in [6, 6.07) is 3.92. The van der Waals surface area contributed by atoms with Crippen LogP contribution in [-0.4, -0.2) is 21.1 Å². The van der Waals surface area contributed by atoms with Crippen molar-refractivity contribution >= 4 is 17.2 Å². The van der Waals surface area contributed by atoms with E-state index >= 15 is 0 Å². The van der Waals surface area contributed by atoms with E-state index in [1.54, 1.807) is 6.20 Å². The highest BCUT2D eigenvalue weighted by atomic mass is 32.1. The number of benzene rings is 1. The minimum Gasteiger partial charge on any atom is -0.504 e. The molecule has 0 aliphatic carbocycles. The van der Waals surface area contributed by atoms with Crippen LogP contribution in [0.5, 0.6) is 11.5 Å². The second-order valence-electron chi connectivity index (χ2n) is 3.31. The lowest BCUT2D eigenvalue weighted by molar-refractivity contribution is 0.0950. The molecular formula is C11H10N2O3S. The Balaban J connectivity index is 2.02. The van der Waals surface area contributed by atoms with Crippen LogP contribution in [0.3, 0.4) is 0 Å². The first kappa shape index (κ1) is 11.4. The van der Waals surface area contributed by atoms with E-state index in [1.165, 1.54) is 29.5 Å². The first-order chi connectivity index (χ1) is 8.16. The molecule has 0 fully saturated rings. The Kier molecular flexibility index (Phi) is 3.24. The van der Waals surface area contributed by atoms with Crippen molar-refractivity contribution in [1.29, 1.82) is 0 Å². The topological polar surface area (TPSA) is 82.5 Å². The predicted molar refractivity (Wildman–Crippen MR) is 63.1 cm³/mol. The third-order valence-electron chi connectivity index (χ3n) is 2.12. The van der Waals surface area contributed by atoms with Gasteiger partial charge in [0.2, 0.25) is 0 Å². The molecule has 1 aromatic carbocycles. The summed E-state index contributed by atoms with van der Waals surface area (Å²) in [5.41, 5.74) is 0.289. The van der Waals surface area contributed by atoms with Crippen LogP contribution in [-0.2, 0) is 6.54 Å². The van der Waals surface area contributed by atoms with E-state index in [1.807, 2.05) is 5.38 Å². The molecule has 5 nitrogen and oxygen atoms in total. The average Bonchev–Trinajstić information content (AvgIpc) is 2.82. The molecule has 0 saturated carbocycles. The van der Waals surface area contributed by atoms with Gasteiger partial charge in [0.25, 0.3) is 5.91 Å². The summed E-state index contributed by atoms with van der Waals surface area (Å²) in [5.74, 6) is -0.885. The number of nitrogens with zero attached hydrogens (tertiary/aromatic N) is 1. The number of aromatic nitrogens is 1. The molecule has 0 spiro atoms. The number of phenolic OH excluding ortho intramolecular Hbond substituents is 2. The maximum atomic E-state index is 11.7. The molecule has 0 atom stereocenters. The van der Waals surface area contributed by atoms with Gasteiger partial charge < -0.3 is 15.5 Å². The standard InChI is InChI=1S/C11H10N2O3S/c14-8-2-1-7(5-9(8)15)11(16)13-6-10-12-3-4-17-10/h1-5,14-15H,6H2,(H,13,16). The van der Waals surface area contributed by atoms with Crippen LogP contribution >= 0.6 is 11.3 Å². The summed E-state index contributed by atoms with van der Waals surface area (Å²) >= 11 is 1.45. The Bertz CT molecular complexity index is 526. The van der Waals surface area contributed by atoms with Crippen molar-refractivity contribution in [1.82, 2.24) is 10.3 Å². The van der Waals surface area contributed by atoms with Gasteiger partial charge in [-0.1, -0.05) is 0 Å². The fourth-order valence-electron chi connectivity index (χ4n) is 1.26. The van der Waals surface area contributed by atoms with E-state index in [0.717, 1.165) is 5.01 Å². The van der Waals surface area contributed by atoms with Crippen molar-refractivity contribution in [3.63, 3.8) is 0 Å². The molecular weight excluding hydrogens is 240 g/mol. The van der Waals surface area contributed by atoms with Crippen molar-refractivity contribution in [2.24, 2.45) is 0 Å². The lowest BCUT2D eigenvalue weighted by atomic mass is 10.2. The number of carbonyl (C=O) groups excluding carboxylic acids is 1. The monoisotopic (exact) mass is 250 g/mol. The fourth-order valence-corrected chi connectivity index (χ4v) is 1.82. The van der Waals surface area contributed by atoms with Gasteiger partial charge in [0, 0.05) is 17.1 Å². The Morgan fingerprint density at radius 1 is 1.35 bits per heavy atom. The lowest BCUT2D eigenvalue weighted by Gasteiger charge is -2.04. The molecule has 0 saturated heterocycles. The number of thiazole rings is 1. The molecule has 17 heavy (non-hydrogen) atoms. The van der Waals surface area contributed by atoms with Gasteiger partial charge in [-0.25, -0.2) is 4.98 Å². The van der Waals surface area contributed by atoms with Crippen LogP contribution in [0.2, 0.25) is 0 Å². The SMILES string of the molecule is O=C(NCc1nccs1)c1ccc(O)c(O)c1. The number of hydrogen-bond acceptors (Lipinski definition) is 5. The summed E-state index contributed by atoms with van der Waals surface area (Å²) in [6.07, 6.45) is 1.67. The molecule has 6 heteroatoms. The molecule has 2 aromatic rings. The second kappa shape index (κ2) is 4.84. The number of rotatable bonds is 3. The quantitative estimate of drug-likeness (QED) is 0.721. The largest absolute Gasteiger partial charge is 0.504 e. The van der Waals surface area contributed by atoms with Crippen molar-refractivity contribution in [2.75, 3.05) is 0 Å². The predicted octanol–water partition coefficient (Wildman–Crippen LogP) is 1.48. The van der Waals surface area contributed by atoms with Crippen molar-refractivity contribution in [2.45, 2.75) is 6.54 Å². The molecule has 1 aromatic heterocycles. The van der Waals surface area contributed by atoms with E-state index in [0.29, 0.717) is 6.54 Å². The molecule has 0 unspecified atom stereocenters. The number of phenols is 2. The van der Waals surface area contributed by atoms with E-state index in [-0.39, 0.29) is 23.0 Å². The van der Waals surface area contributed by atoms with Crippen LogP contribution in [0.1, 0.15) is 15.4 Å². The third kappa shape index (κ3) is 2.73. The van der Waals surface area contributed by atoms with E-state index in [4.69, 9.17) is 5.11 Å². The van der Waals surface area contributed by atoms with E-state index in [9.17, 15) is 9.90 Å². The van der Waals surface area contributed by atoms with Crippen LogP contribution in [0.25, 0.3) is 0 Å². The highest BCUT2D eigenvalue weighted by molar-refractivity contribution is 7.09. The zero-order chi connectivity index (χ0) is 12.3. The molecule has 1 amide bonds. The van der Waals surface area contributed by atoms with Gasteiger partial charge in [-0.05, 0) is 18.2 Å². The van der Waals surface area contributed by atoms with E-state index < -0.39 is 0 Å². The number of carbonyl (C=O) groups is 1. The maximum Gasteiger partial charge on any atom is 0.251 e. The Morgan fingerprint density at radius 3 is 2.82 bits per heavy atom. The molecule has 2 rings (SSSR count). The zero-order valence-electron chi connectivity index (χ0n) is 8.75. The smallest absolute Gasteiger partial charge is 0.251 e. The molecule has 88 valence electrons. The maximum absolute atomic E-state index is 11.7. The minimum atomic E-state index is -0.324. The number of hydrogen-bond donors (Lipinski definition) is 3. The first-order valence-electron chi connectivity index (χ1n) is 4.85. The molecule has 3 N–H and O–H groups in total. The lowest BCUT2D eigenvalue weighted by Crippen LogP contribution is -2.22. The average molecular weight is 250 g/mol. The molecule has 0 radical (unpaired) electrons. The summed E-state index contributed by atoms with van der Waals surface area (Å²) in [5, 5.41) is 23.7. The van der Waals surface area contributed by atoms with Gasteiger partial charge in [-0.2, -0.15) is 0 Å². The minimum absolute atomic E-state index is 0.249. The normalized spacial score (nSPS) is 10.1. The van der Waals surface area contributed by atoms with Crippen LogP contribution < -0.4 is 5.32 Å². The van der Waals surface area contributed by atoms with E-state index in [2.05, 4.69) is 10.3 Å². The zero-order valence-corrected chi connectivity index (χ0v) is 9.57. The number of aromatic hydroxyl groups is 2. The summed E-state index contributed by atoms with van der Waals surface area (Å²) < 4.78 is 0. The highest BCUT2D eigenvalue weighted by Crippen LogP contribution is 2.24.